The third kappa shape index (κ3) is 4.18. The molecule has 1 heterocycles. The van der Waals surface area contributed by atoms with Crippen LogP contribution in [0.2, 0.25) is 0 Å². The molecule has 162 valence electrons. The van der Waals surface area contributed by atoms with Crippen molar-refractivity contribution < 1.29 is 21.2 Å². The summed E-state index contributed by atoms with van der Waals surface area (Å²) < 4.78 is 68.8. The van der Waals surface area contributed by atoms with Crippen LogP contribution in [0.1, 0.15) is 44.1 Å². The molecule has 30 heavy (non-hydrogen) atoms. The topological polar surface area (TPSA) is 83.6 Å². The van der Waals surface area contributed by atoms with Gasteiger partial charge in [0.25, 0.3) is 10.0 Å². The summed E-state index contributed by atoms with van der Waals surface area (Å²) in [5.41, 5.74) is 1.77. The summed E-state index contributed by atoms with van der Waals surface area (Å²) in [6.45, 7) is 0.319. The normalized spacial score (nSPS) is 18.1. The van der Waals surface area contributed by atoms with Crippen LogP contribution < -0.4 is 9.03 Å². The van der Waals surface area contributed by atoms with Crippen molar-refractivity contribution >= 4 is 31.4 Å². The van der Waals surface area contributed by atoms with Gasteiger partial charge in [0.05, 0.1) is 15.8 Å². The van der Waals surface area contributed by atoms with E-state index in [9.17, 15) is 21.2 Å². The predicted octanol–water partition coefficient (Wildman–Crippen LogP) is 4.04. The molecule has 0 amide bonds. The minimum Gasteiger partial charge on any atom is -0.283 e. The lowest BCUT2D eigenvalue weighted by Gasteiger charge is -2.31. The Bertz CT molecular complexity index is 1130. The van der Waals surface area contributed by atoms with E-state index in [1.165, 1.54) is 16.4 Å². The number of benzene rings is 2. The van der Waals surface area contributed by atoms with E-state index in [0.717, 1.165) is 37.0 Å². The molecule has 0 saturated heterocycles. The first-order valence-corrected chi connectivity index (χ1v) is 13.2. The molecule has 4 rings (SSSR count). The summed E-state index contributed by atoms with van der Waals surface area (Å²) in [6.07, 6.45) is 5.53. The Balaban J connectivity index is 1.60. The van der Waals surface area contributed by atoms with Gasteiger partial charge in [0.15, 0.2) is 0 Å². The molecule has 0 spiro atoms. The maximum Gasteiger partial charge on any atom is 0.264 e. The van der Waals surface area contributed by atoms with Crippen LogP contribution in [0, 0.1) is 5.82 Å². The van der Waals surface area contributed by atoms with Gasteiger partial charge in [-0.25, -0.2) is 21.2 Å². The summed E-state index contributed by atoms with van der Waals surface area (Å²) in [4.78, 5) is 0.0267. The summed E-state index contributed by atoms with van der Waals surface area (Å²) in [6, 6.07) is 9.74. The third-order valence-electron chi connectivity index (χ3n) is 5.81. The highest BCUT2D eigenvalue weighted by Gasteiger charge is 2.31. The quantitative estimate of drug-likeness (QED) is 0.742. The first kappa shape index (κ1) is 21.1. The fourth-order valence-electron chi connectivity index (χ4n) is 4.23. The zero-order chi connectivity index (χ0) is 21.4. The van der Waals surface area contributed by atoms with Gasteiger partial charge in [-0.2, -0.15) is 0 Å². The van der Waals surface area contributed by atoms with Crippen LogP contribution in [0.4, 0.5) is 15.8 Å². The molecule has 0 unspecified atom stereocenters. The number of aryl methyl sites for hydroxylation is 1. The fourth-order valence-corrected chi connectivity index (χ4v) is 7.35. The Hall–Kier alpha value is -2.13. The van der Waals surface area contributed by atoms with E-state index in [1.807, 2.05) is 0 Å². The second-order valence-corrected chi connectivity index (χ2v) is 11.7. The number of hydrogen-bond acceptors (Lipinski definition) is 4. The maximum atomic E-state index is 13.2. The van der Waals surface area contributed by atoms with Crippen molar-refractivity contribution in [3.8, 4) is 0 Å². The molecule has 0 bridgehead atoms. The zero-order valence-corrected chi connectivity index (χ0v) is 18.2. The monoisotopic (exact) mass is 452 g/mol. The standard InChI is InChI=1S/C21H25FN2O4S2/c22-17-8-11-20(12-9-17)30(27,28)24-14-4-5-16-15-18(10-13-21(16)24)23-29(25,26)19-6-2-1-3-7-19/h8-13,15,19,23H,1-7,14H2. The van der Waals surface area contributed by atoms with E-state index in [1.54, 1.807) is 18.2 Å². The Labute approximate surface area is 177 Å². The van der Waals surface area contributed by atoms with Crippen molar-refractivity contribution in [2.24, 2.45) is 0 Å². The number of anilines is 2. The van der Waals surface area contributed by atoms with Gasteiger partial charge in [0.1, 0.15) is 5.82 Å². The van der Waals surface area contributed by atoms with E-state index in [2.05, 4.69) is 4.72 Å². The molecule has 1 aliphatic carbocycles. The first-order chi connectivity index (χ1) is 14.3. The van der Waals surface area contributed by atoms with Gasteiger partial charge >= 0.3 is 0 Å². The molecule has 2 aromatic carbocycles. The molecule has 0 aromatic heterocycles. The van der Waals surface area contributed by atoms with Crippen LogP contribution in [0.15, 0.2) is 47.4 Å². The summed E-state index contributed by atoms with van der Waals surface area (Å²) in [7, 11) is -7.30. The lowest BCUT2D eigenvalue weighted by molar-refractivity contribution is 0.486. The molecule has 0 radical (unpaired) electrons. The Morgan fingerprint density at radius 3 is 2.30 bits per heavy atom. The highest BCUT2D eigenvalue weighted by molar-refractivity contribution is 7.93. The lowest BCUT2D eigenvalue weighted by atomic mass is 10.0. The predicted molar refractivity (Wildman–Crippen MR) is 115 cm³/mol. The van der Waals surface area contributed by atoms with E-state index < -0.39 is 25.9 Å². The summed E-state index contributed by atoms with van der Waals surface area (Å²) in [5, 5.41) is -0.377. The van der Waals surface area contributed by atoms with Crippen molar-refractivity contribution in [1.82, 2.24) is 0 Å². The number of hydrogen-bond donors (Lipinski definition) is 1. The van der Waals surface area contributed by atoms with Crippen molar-refractivity contribution in [2.45, 2.75) is 55.1 Å². The minimum absolute atomic E-state index is 0.0267. The molecule has 1 fully saturated rings. The molecular formula is C21H25FN2O4S2. The molecule has 1 saturated carbocycles. The first-order valence-electron chi connectivity index (χ1n) is 10.2. The second kappa shape index (κ2) is 8.19. The highest BCUT2D eigenvalue weighted by atomic mass is 32.2. The van der Waals surface area contributed by atoms with Crippen LogP contribution in [0.25, 0.3) is 0 Å². The molecule has 0 atom stereocenters. The lowest BCUT2D eigenvalue weighted by Crippen LogP contribution is -2.35. The van der Waals surface area contributed by atoms with E-state index >= 15 is 0 Å². The number of nitrogens with one attached hydrogen (secondary N) is 1. The number of sulfonamides is 2. The van der Waals surface area contributed by atoms with Crippen LogP contribution in [-0.2, 0) is 26.5 Å². The van der Waals surface area contributed by atoms with Gasteiger partial charge in [-0.3, -0.25) is 9.03 Å². The highest BCUT2D eigenvalue weighted by Crippen LogP contribution is 2.34. The molecule has 2 aromatic rings. The average molecular weight is 453 g/mol. The zero-order valence-electron chi connectivity index (χ0n) is 16.6. The third-order valence-corrected chi connectivity index (χ3v) is 9.51. The molecule has 1 N–H and O–H groups in total. The molecule has 6 nitrogen and oxygen atoms in total. The Morgan fingerprint density at radius 1 is 0.900 bits per heavy atom. The smallest absolute Gasteiger partial charge is 0.264 e. The van der Waals surface area contributed by atoms with Gasteiger partial charge in [0.2, 0.25) is 10.0 Å². The van der Waals surface area contributed by atoms with Crippen LogP contribution >= 0.6 is 0 Å². The van der Waals surface area contributed by atoms with Crippen molar-refractivity contribution in [2.75, 3.05) is 15.6 Å². The Kier molecular flexibility index (Phi) is 5.76. The van der Waals surface area contributed by atoms with E-state index in [0.29, 0.717) is 43.6 Å². The van der Waals surface area contributed by atoms with Crippen molar-refractivity contribution in [3.05, 3.63) is 53.8 Å². The Morgan fingerprint density at radius 2 is 1.60 bits per heavy atom. The average Bonchev–Trinajstić information content (AvgIpc) is 2.74. The van der Waals surface area contributed by atoms with Gasteiger partial charge in [0, 0.05) is 12.2 Å². The van der Waals surface area contributed by atoms with Gasteiger partial charge < -0.3 is 0 Å². The molecular weight excluding hydrogens is 427 g/mol. The largest absolute Gasteiger partial charge is 0.283 e. The van der Waals surface area contributed by atoms with E-state index in [-0.39, 0.29) is 10.1 Å². The van der Waals surface area contributed by atoms with Crippen molar-refractivity contribution in [3.63, 3.8) is 0 Å². The van der Waals surface area contributed by atoms with Gasteiger partial charge in [-0.1, -0.05) is 19.3 Å². The summed E-state index contributed by atoms with van der Waals surface area (Å²) >= 11 is 0. The minimum atomic E-state index is -3.83. The van der Waals surface area contributed by atoms with Crippen LogP contribution in [-0.4, -0.2) is 28.6 Å². The number of rotatable bonds is 5. The molecule has 2 aliphatic rings. The molecule has 9 heteroatoms. The van der Waals surface area contributed by atoms with Crippen LogP contribution in [0.3, 0.4) is 0 Å². The van der Waals surface area contributed by atoms with E-state index in [4.69, 9.17) is 0 Å². The molecule has 1 aliphatic heterocycles. The van der Waals surface area contributed by atoms with Gasteiger partial charge in [-0.05, 0) is 73.7 Å². The SMILES string of the molecule is O=S(=O)(Nc1ccc2c(c1)CCCN2S(=O)(=O)c1ccc(F)cc1)C1CCCCC1. The van der Waals surface area contributed by atoms with Crippen molar-refractivity contribution in [1.29, 1.82) is 0 Å². The second-order valence-electron chi connectivity index (χ2n) is 7.89. The number of nitrogens with zero attached hydrogens (tertiary/aromatic N) is 1. The fraction of sp³-hybridized carbons (Fsp3) is 0.429. The summed E-state index contributed by atoms with van der Waals surface area (Å²) in [5.74, 6) is -0.497. The van der Waals surface area contributed by atoms with Gasteiger partial charge in [-0.15, -0.1) is 0 Å². The number of fused-ring (bicyclic) bond motifs is 1. The van der Waals surface area contributed by atoms with Crippen LogP contribution in [0.5, 0.6) is 0 Å². The number of halogens is 1. The maximum absolute atomic E-state index is 13.2.